The summed E-state index contributed by atoms with van der Waals surface area (Å²) in [6.45, 7) is 10.7. The zero-order valence-corrected chi connectivity index (χ0v) is 20.1. The summed E-state index contributed by atoms with van der Waals surface area (Å²) in [5.74, 6) is 1.68. The van der Waals surface area contributed by atoms with Crippen LogP contribution in [0.3, 0.4) is 0 Å². The third-order valence-corrected chi connectivity index (χ3v) is 5.74. The van der Waals surface area contributed by atoms with Gasteiger partial charge in [0, 0.05) is 44.5 Å². The first-order chi connectivity index (χ1) is 13.1. The van der Waals surface area contributed by atoms with Gasteiger partial charge in [-0.1, -0.05) is 17.7 Å². The molecule has 2 unspecified atom stereocenters. The number of benzene rings is 1. The standard InChI is InChI=1S/C22H37N5.HI/c1-4-23-22(24-15-19-7-5-13-26(3)16-19)25-20-8-6-14-27(17-20)21-11-9-18(2)10-12-21;/h9-12,19-20H,4-8,13-17H2,1-3H3,(H2,23,24,25);1H. The van der Waals surface area contributed by atoms with E-state index in [0.717, 1.165) is 32.1 Å². The van der Waals surface area contributed by atoms with Gasteiger partial charge in [0.2, 0.25) is 0 Å². The van der Waals surface area contributed by atoms with Crippen LogP contribution in [-0.4, -0.2) is 63.2 Å². The van der Waals surface area contributed by atoms with Crippen LogP contribution >= 0.6 is 24.0 Å². The monoisotopic (exact) mass is 499 g/mol. The van der Waals surface area contributed by atoms with Crippen molar-refractivity contribution in [3.05, 3.63) is 29.8 Å². The average molecular weight is 499 g/mol. The Morgan fingerprint density at radius 3 is 2.57 bits per heavy atom. The van der Waals surface area contributed by atoms with Gasteiger partial charge < -0.3 is 20.4 Å². The second-order valence-electron chi connectivity index (χ2n) is 8.26. The topological polar surface area (TPSA) is 42.9 Å². The lowest BCUT2D eigenvalue weighted by Gasteiger charge is -2.35. The van der Waals surface area contributed by atoms with Crippen LogP contribution < -0.4 is 15.5 Å². The minimum absolute atomic E-state index is 0. The Morgan fingerprint density at radius 1 is 1.11 bits per heavy atom. The Hall–Kier alpha value is -1.02. The SMILES string of the molecule is CCNC(=NCC1CCCN(C)C1)NC1CCCN(c2ccc(C)cc2)C1.I. The number of aryl methyl sites for hydroxylation is 1. The molecule has 0 amide bonds. The molecular weight excluding hydrogens is 461 g/mol. The van der Waals surface area contributed by atoms with Crippen molar-refractivity contribution in [2.24, 2.45) is 10.9 Å². The second-order valence-corrected chi connectivity index (χ2v) is 8.26. The van der Waals surface area contributed by atoms with Gasteiger partial charge in [-0.2, -0.15) is 0 Å². The number of piperidine rings is 2. The Balaban J connectivity index is 0.00000280. The molecule has 5 nitrogen and oxygen atoms in total. The third-order valence-electron chi connectivity index (χ3n) is 5.74. The molecule has 0 aliphatic carbocycles. The van der Waals surface area contributed by atoms with Gasteiger partial charge in [-0.25, -0.2) is 0 Å². The fourth-order valence-corrected chi connectivity index (χ4v) is 4.24. The van der Waals surface area contributed by atoms with Crippen LogP contribution in [0.2, 0.25) is 0 Å². The number of aliphatic imine (C=N–C) groups is 1. The number of guanidine groups is 1. The predicted molar refractivity (Wildman–Crippen MR) is 131 cm³/mol. The van der Waals surface area contributed by atoms with Crippen molar-refractivity contribution in [2.45, 2.75) is 45.6 Å². The number of nitrogens with zero attached hydrogens (tertiary/aromatic N) is 3. The molecule has 1 aromatic rings. The van der Waals surface area contributed by atoms with Crippen LogP contribution in [0.15, 0.2) is 29.3 Å². The summed E-state index contributed by atoms with van der Waals surface area (Å²) >= 11 is 0. The second kappa shape index (κ2) is 11.9. The van der Waals surface area contributed by atoms with Gasteiger partial charge in [-0.15, -0.1) is 24.0 Å². The van der Waals surface area contributed by atoms with Crippen molar-refractivity contribution in [1.29, 1.82) is 0 Å². The maximum atomic E-state index is 4.92. The quantitative estimate of drug-likeness (QED) is 0.370. The van der Waals surface area contributed by atoms with Gasteiger partial charge in [0.1, 0.15) is 0 Å². The summed E-state index contributed by atoms with van der Waals surface area (Å²) < 4.78 is 0. The first-order valence-electron chi connectivity index (χ1n) is 10.7. The van der Waals surface area contributed by atoms with E-state index in [1.807, 2.05) is 0 Å². The van der Waals surface area contributed by atoms with Gasteiger partial charge in [0.15, 0.2) is 5.96 Å². The van der Waals surface area contributed by atoms with Gasteiger partial charge in [0.05, 0.1) is 0 Å². The number of rotatable bonds is 5. The summed E-state index contributed by atoms with van der Waals surface area (Å²) in [7, 11) is 2.22. The summed E-state index contributed by atoms with van der Waals surface area (Å²) in [6.07, 6.45) is 5.03. The molecule has 3 rings (SSSR count). The summed E-state index contributed by atoms with van der Waals surface area (Å²) in [6, 6.07) is 9.36. The molecule has 2 atom stereocenters. The van der Waals surface area contributed by atoms with Crippen molar-refractivity contribution in [3.63, 3.8) is 0 Å². The van der Waals surface area contributed by atoms with Gasteiger partial charge >= 0.3 is 0 Å². The lowest BCUT2D eigenvalue weighted by Crippen LogP contribution is -2.51. The van der Waals surface area contributed by atoms with Crippen molar-refractivity contribution in [1.82, 2.24) is 15.5 Å². The highest BCUT2D eigenvalue weighted by molar-refractivity contribution is 14.0. The molecule has 28 heavy (non-hydrogen) atoms. The van der Waals surface area contributed by atoms with Crippen molar-refractivity contribution >= 4 is 35.6 Å². The molecule has 6 heteroatoms. The number of anilines is 1. The highest BCUT2D eigenvalue weighted by atomic mass is 127. The molecule has 1 aromatic carbocycles. The number of hydrogen-bond donors (Lipinski definition) is 2. The van der Waals surface area contributed by atoms with Crippen LogP contribution in [-0.2, 0) is 0 Å². The van der Waals surface area contributed by atoms with Crippen LogP contribution in [0.25, 0.3) is 0 Å². The molecule has 0 saturated carbocycles. The van der Waals surface area contributed by atoms with Crippen molar-refractivity contribution < 1.29 is 0 Å². The zero-order valence-electron chi connectivity index (χ0n) is 17.8. The Bertz CT molecular complexity index is 603. The molecule has 2 heterocycles. The first-order valence-corrected chi connectivity index (χ1v) is 10.7. The Kier molecular flexibility index (Phi) is 9.85. The molecule has 2 saturated heterocycles. The fourth-order valence-electron chi connectivity index (χ4n) is 4.24. The van der Waals surface area contributed by atoms with E-state index in [1.165, 1.54) is 50.0 Å². The number of hydrogen-bond acceptors (Lipinski definition) is 3. The largest absolute Gasteiger partial charge is 0.369 e. The molecule has 2 fully saturated rings. The van der Waals surface area contributed by atoms with E-state index in [4.69, 9.17) is 4.99 Å². The highest BCUT2D eigenvalue weighted by Crippen LogP contribution is 2.20. The summed E-state index contributed by atoms with van der Waals surface area (Å²) in [5.41, 5.74) is 2.65. The fraction of sp³-hybridized carbons (Fsp3) is 0.682. The minimum Gasteiger partial charge on any atom is -0.369 e. The van der Waals surface area contributed by atoms with E-state index in [1.54, 1.807) is 0 Å². The Morgan fingerprint density at radius 2 is 1.86 bits per heavy atom. The maximum absolute atomic E-state index is 4.92. The predicted octanol–water partition coefficient (Wildman–Crippen LogP) is 3.48. The molecule has 2 aliphatic heterocycles. The number of nitrogens with one attached hydrogen (secondary N) is 2. The minimum atomic E-state index is 0. The van der Waals surface area contributed by atoms with Gasteiger partial charge in [-0.3, -0.25) is 4.99 Å². The first kappa shape index (κ1) is 23.3. The molecule has 0 radical (unpaired) electrons. The van der Waals surface area contributed by atoms with Crippen molar-refractivity contribution in [3.8, 4) is 0 Å². The molecule has 2 aliphatic rings. The molecule has 0 spiro atoms. The zero-order chi connectivity index (χ0) is 19.1. The van der Waals surface area contributed by atoms with E-state index in [2.05, 4.69) is 65.6 Å². The third kappa shape index (κ3) is 7.10. The number of halogens is 1. The smallest absolute Gasteiger partial charge is 0.191 e. The summed E-state index contributed by atoms with van der Waals surface area (Å²) in [5, 5.41) is 7.15. The molecule has 2 N–H and O–H groups in total. The maximum Gasteiger partial charge on any atom is 0.191 e. The lowest BCUT2D eigenvalue weighted by molar-refractivity contribution is 0.214. The van der Waals surface area contributed by atoms with E-state index in [-0.39, 0.29) is 24.0 Å². The molecule has 0 bridgehead atoms. The summed E-state index contributed by atoms with van der Waals surface area (Å²) in [4.78, 5) is 9.86. The highest BCUT2D eigenvalue weighted by Gasteiger charge is 2.21. The van der Waals surface area contributed by atoms with E-state index >= 15 is 0 Å². The molecular formula is C22H38IN5. The van der Waals surface area contributed by atoms with Gasteiger partial charge in [0.25, 0.3) is 0 Å². The molecule has 158 valence electrons. The van der Waals surface area contributed by atoms with E-state index in [0.29, 0.717) is 12.0 Å². The van der Waals surface area contributed by atoms with Gasteiger partial charge in [-0.05, 0) is 71.2 Å². The van der Waals surface area contributed by atoms with Crippen molar-refractivity contribution in [2.75, 3.05) is 51.2 Å². The normalized spacial score (nSPS) is 23.8. The Labute approximate surface area is 188 Å². The van der Waals surface area contributed by atoms with Crippen LogP contribution in [0.5, 0.6) is 0 Å². The number of likely N-dealkylation sites (tertiary alicyclic amines) is 1. The molecule has 0 aromatic heterocycles. The lowest BCUT2D eigenvalue weighted by atomic mass is 9.99. The van der Waals surface area contributed by atoms with Crippen LogP contribution in [0, 0.1) is 12.8 Å². The average Bonchev–Trinajstić information content (AvgIpc) is 2.67. The van der Waals surface area contributed by atoms with E-state index in [9.17, 15) is 0 Å². The van der Waals surface area contributed by atoms with Crippen LogP contribution in [0.4, 0.5) is 5.69 Å². The van der Waals surface area contributed by atoms with E-state index < -0.39 is 0 Å². The van der Waals surface area contributed by atoms with Crippen LogP contribution in [0.1, 0.15) is 38.2 Å².